The molecule has 2 nitrogen and oxygen atoms in total. The Balaban J connectivity index is 1.42. The van der Waals surface area contributed by atoms with Crippen LogP contribution < -0.4 is 4.74 Å². The monoisotopic (exact) mass is 408 g/mol. The molecule has 0 amide bonds. The Morgan fingerprint density at radius 2 is 1.70 bits per heavy atom. The van der Waals surface area contributed by atoms with Gasteiger partial charge in [0.05, 0.1) is 6.10 Å². The molecule has 0 aromatic heterocycles. The van der Waals surface area contributed by atoms with Crippen molar-refractivity contribution in [3.8, 4) is 16.9 Å². The van der Waals surface area contributed by atoms with E-state index in [2.05, 4.69) is 19.6 Å². The molecule has 160 valence electrons. The van der Waals surface area contributed by atoms with Gasteiger partial charge in [0, 0.05) is 6.61 Å². The van der Waals surface area contributed by atoms with Gasteiger partial charge in [0.1, 0.15) is 18.2 Å². The first-order valence-corrected chi connectivity index (χ1v) is 11.4. The number of benzene rings is 2. The number of rotatable bonds is 7. The largest absolute Gasteiger partial charge is 0.490 e. The molecular weight excluding hydrogens is 375 g/mol. The van der Waals surface area contributed by atoms with Gasteiger partial charge < -0.3 is 9.47 Å². The van der Waals surface area contributed by atoms with Crippen molar-refractivity contribution in [1.82, 2.24) is 0 Å². The van der Waals surface area contributed by atoms with E-state index in [1.54, 1.807) is 12.1 Å². The molecule has 2 fully saturated rings. The van der Waals surface area contributed by atoms with Gasteiger partial charge in [-0.15, -0.1) is 0 Å². The second-order valence-electron chi connectivity index (χ2n) is 8.78. The Bertz CT molecular complexity index is 844. The third-order valence-corrected chi connectivity index (χ3v) is 6.96. The quantitative estimate of drug-likeness (QED) is 0.453. The Hall–Kier alpha value is -2.13. The predicted octanol–water partition coefficient (Wildman–Crippen LogP) is 7.15. The van der Waals surface area contributed by atoms with E-state index in [9.17, 15) is 0 Å². The summed E-state index contributed by atoms with van der Waals surface area (Å²) in [6.45, 7) is 7.04. The predicted molar refractivity (Wildman–Crippen MR) is 120 cm³/mol. The molecule has 0 N–H and O–H groups in total. The summed E-state index contributed by atoms with van der Waals surface area (Å²) in [7, 11) is 0. The molecular formula is C27H33FO2. The highest BCUT2D eigenvalue weighted by Gasteiger charge is 2.36. The molecule has 30 heavy (non-hydrogen) atoms. The normalized spacial score (nSPS) is 26.1. The number of hydrogen-bond donors (Lipinski definition) is 0. The zero-order chi connectivity index (χ0) is 20.9. The molecule has 2 aromatic rings. The van der Waals surface area contributed by atoms with E-state index in [0.717, 1.165) is 60.1 Å². The van der Waals surface area contributed by atoms with Gasteiger partial charge in [0.15, 0.2) is 0 Å². The average molecular weight is 409 g/mol. The second-order valence-corrected chi connectivity index (χ2v) is 8.78. The molecule has 4 rings (SSSR count). The molecule has 3 heteroatoms. The van der Waals surface area contributed by atoms with Gasteiger partial charge in [-0.1, -0.05) is 36.9 Å². The fourth-order valence-electron chi connectivity index (χ4n) is 5.45. The Morgan fingerprint density at radius 1 is 0.967 bits per heavy atom. The van der Waals surface area contributed by atoms with E-state index in [4.69, 9.17) is 9.47 Å². The molecule has 4 unspecified atom stereocenters. The summed E-state index contributed by atoms with van der Waals surface area (Å²) in [5.41, 5.74) is 2.82. The standard InChI is InChI=1S/C27H33FO2/c1-3-15-30-24-11-7-19(8-12-24)22-10-14-26(27(28)18-22)23-6-5-21-17-25(29-4-2)13-9-20(21)16-23/h3,7-8,10-12,14,18,20-21,23,25H,1,4-6,9,13,15-17H2,2H3. The van der Waals surface area contributed by atoms with Crippen LogP contribution in [0.2, 0.25) is 0 Å². The van der Waals surface area contributed by atoms with Gasteiger partial charge in [-0.05, 0) is 98.1 Å². The maximum absolute atomic E-state index is 15.1. The van der Waals surface area contributed by atoms with Crippen LogP contribution >= 0.6 is 0 Å². The summed E-state index contributed by atoms with van der Waals surface area (Å²) in [6, 6.07) is 13.6. The van der Waals surface area contributed by atoms with Crippen LogP contribution in [0, 0.1) is 17.7 Å². The minimum Gasteiger partial charge on any atom is -0.490 e. The summed E-state index contributed by atoms with van der Waals surface area (Å²) < 4.78 is 26.5. The van der Waals surface area contributed by atoms with E-state index in [0.29, 0.717) is 18.6 Å². The van der Waals surface area contributed by atoms with Crippen molar-refractivity contribution in [1.29, 1.82) is 0 Å². The lowest BCUT2D eigenvalue weighted by atomic mass is 9.65. The van der Waals surface area contributed by atoms with E-state index in [1.807, 2.05) is 30.3 Å². The van der Waals surface area contributed by atoms with Gasteiger partial charge in [-0.25, -0.2) is 4.39 Å². The van der Waals surface area contributed by atoms with Gasteiger partial charge in [-0.2, -0.15) is 0 Å². The smallest absolute Gasteiger partial charge is 0.127 e. The molecule has 2 aliphatic rings. The van der Waals surface area contributed by atoms with Crippen LogP contribution in [0.4, 0.5) is 4.39 Å². The third-order valence-electron chi connectivity index (χ3n) is 6.96. The summed E-state index contributed by atoms with van der Waals surface area (Å²) in [5.74, 6) is 2.56. The van der Waals surface area contributed by atoms with E-state index >= 15 is 4.39 Å². The van der Waals surface area contributed by atoms with E-state index in [-0.39, 0.29) is 5.82 Å². The highest BCUT2D eigenvalue weighted by Crippen LogP contribution is 2.47. The topological polar surface area (TPSA) is 18.5 Å². The SMILES string of the molecule is C=CCOc1ccc(-c2ccc(C3CCC4CC(OCC)CCC4C3)c(F)c2)cc1. The van der Waals surface area contributed by atoms with E-state index < -0.39 is 0 Å². The lowest BCUT2D eigenvalue weighted by Gasteiger charge is -2.42. The van der Waals surface area contributed by atoms with Crippen molar-refractivity contribution in [2.45, 2.75) is 57.5 Å². The van der Waals surface area contributed by atoms with Crippen molar-refractivity contribution < 1.29 is 13.9 Å². The van der Waals surface area contributed by atoms with Crippen molar-refractivity contribution in [3.05, 3.63) is 66.5 Å². The fraction of sp³-hybridized carbons (Fsp3) is 0.481. The number of halogens is 1. The minimum atomic E-state index is -0.0639. The zero-order valence-electron chi connectivity index (χ0n) is 18.0. The first-order chi connectivity index (χ1) is 14.7. The van der Waals surface area contributed by atoms with Crippen LogP contribution in [0.25, 0.3) is 11.1 Å². The fourth-order valence-corrected chi connectivity index (χ4v) is 5.45. The number of ether oxygens (including phenoxy) is 2. The Morgan fingerprint density at radius 3 is 2.43 bits per heavy atom. The van der Waals surface area contributed by atoms with Crippen LogP contribution in [-0.4, -0.2) is 19.3 Å². The Kier molecular flexibility index (Phi) is 6.89. The molecule has 0 aliphatic heterocycles. The molecule has 2 aliphatic carbocycles. The molecule has 0 bridgehead atoms. The second kappa shape index (κ2) is 9.78. The maximum Gasteiger partial charge on any atom is 0.127 e. The molecule has 0 heterocycles. The first-order valence-electron chi connectivity index (χ1n) is 11.4. The van der Waals surface area contributed by atoms with Crippen LogP contribution in [0.5, 0.6) is 5.75 Å². The van der Waals surface area contributed by atoms with Gasteiger partial charge in [0.25, 0.3) is 0 Å². The third kappa shape index (κ3) is 4.78. The lowest BCUT2D eigenvalue weighted by molar-refractivity contribution is -0.00968. The summed E-state index contributed by atoms with van der Waals surface area (Å²) in [4.78, 5) is 0. The number of hydrogen-bond acceptors (Lipinski definition) is 2. The van der Waals surface area contributed by atoms with Crippen molar-refractivity contribution in [2.24, 2.45) is 11.8 Å². The molecule has 0 radical (unpaired) electrons. The number of fused-ring (bicyclic) bond motifs is 1. The van der Waals surface area contributed by atoms with Crippen LogP contribution in [0.3, 0.4) is 0 Å². The van der Waals surface area contributed by atoms with Gasteiger partial charge >= 0.3 is 0 Å². The van der Waals surface area contributed by atoms with Crippen LogP contribution in [0.15, 0.2) is 55.1 Å². The van der Waals surface area contributed by atoms with Crippen molar-refractivity contribution >= 4 is 0 Å². The van der Waals surface area contributed by atoms with Gasteiger partial charge in [0.2, 0.25) is 0 Å². The highest BCUT2D eigenvalue weighted by atomic mass is 19.1. The zero-order valence-corrected chi connectivity index (χ0v) is 18.0. The maximum atomic E-state index is 15.1. The summed E-state index contributed by atoms with van der Waals surface area (Å²) >= 11 is 0. The van der Waals surface area contributed by atoms with E-state index in [1.165, 1.54) is 19.3 Å². The van der Waals surface area contributed by atoms with Crippen molar-refractivity contribution in [2.75, 3.05) is 13.2 Å². The molecule has 2 saturated carbocycles. The average Bonchev–Trinajstić information content (AvgIpc) is 2.78. The molecule has 0 spiro atoms. The minimum absolute atomic E-state index is 0.0639. The molecule has 2 aromatic carbocycles. The first kappa shape index (κ1) is 21.1. The van der Waals surface area contributed by atoms with Gasteiger partial charge in [-0.3, -0.25) is 0 Å². The molecule has 4 atom stereocenters. The van der Waals surface area contributed by atoms with Crippen LogP contribution in [0.1, 0.15) is 56.9 Å². The lowest BCUT2D eigenvalue weighted by Crippen LogP contribution is -2.33. The van der Waals surface area contributed by atoms with Crippen molar-refractivity contribution in [3.63, 3.8) is 0 Å². The summed E-state index contributed by atoms with van der Waals surface area (Å²) in [5, 5.41) is 0. The summed E-state index contributed by atoms with van der Waals surface area (Å²) in [6.07, 6.45) is 9.16. The molecule has 0 saturated heterocycles. The Labute approximate surface area is 180 Å². The highest BCUT2D eigenvalue weighted by molar-refractivity contribution is 5.64. The van der Waals surface area contributed by atoms with Crippen LogP contribution in [-0.2, 0) is 4.74 Å².